The quantitative estimate of drug-likeness (QED) is 0.667. The third kappa shape index (κ3) is 3.48. The highest BCUT2D eigenvalue weighted by Crippen LogP contribution is 2.33. The zero-order valence-electron chi connectivity index (χ0n) is 12.6. The fraction of sp³-hybridized carbons (Fsp3) is 0.333. The van der Waals surface area contributed by atoms with Crippen molar-refractivity contribution in [1.29, 1.82) is 0 Å². The molecular formula is C15H17N3O3S. The highest BCUT2D eigenvalue weighted by Gasteiger charge is 2.21. The Bertz CT molecular complexity index is 692. The number of carbonyl (C=O) groups is 1. The van der Waals surface area contributed by atoms with E-state index in [1.165, 1.54) is 35.6 Å². The van der Waals surface area contributed by atoms with Crippen molar-refractivity contribution in [2.45, 2.75) is 32.6 Å². The fourth-order valence-corrected chi connectivity index (χ4v) is 2.71. The first kappa shape index (κ1) is 16.1. The van der Waals surface area contributed by atoms with Crippen molar-refractivity contribution in [3.63, 3.8) is 0 Å². The smallest absolute Gasteiger partial charge is 0.269 e. The SMILES string of the molecule is CCC(C)(C)c1cnc(NC(=O)c2ccc([N+](=O)[O-])cc2)s1. The van der Waals surface area contributed by atoms with Crippen molar-refractivity contribution >= 4 is 28.1 Å². The molecule has 0 radical (unpaired) electrons. The second kappa shape index (κ2) is 6.23. The Balaban J connectivity index is 2.10. The molecule has 0 saturated carbocycles. The number of nitrogens with one attached hydrogen (secondary N) is 1. The minimum Gasteiger partial charge on any atom is -0.298 e. The molecule has 1 N–H and O–H groups in total. The molecule has 0 atom stereocenters. The van der Waals surface area contributed by atoms with Crippen molar-refractivity contribution in [1.82, 2.24) is 4.98 Å². The molecule has 0 aliphatic rings. The first-order chi connectivity index (χ1) is 10.3. The summed E-state index contributed by atoms with van der Waals surface area (Å²) in [4.78, 5) is 27.5. The highest BCUT2D eigenvalue weighted by molar-refractivity contribution is 7.15. The second-order valence-corrected chi connectivity index (χ2v) is 6.56. The first-order valence-electron chi connectivity index (χ1n) is 6.85. The maximum Gasteiger partial charge on any atom is 0.269 e. The number of aromatic nitrogens is 1. The van der Waals surface area contributed by atoms with Gasteiger partial charge in [0.25, 0.3) is 11.6 Å². The molecule has 1 heterocycles. The molecular weight excluding hydrogens is 302 g/mol. The highest BCUT2D eigenvalue weighted by atomic mass is 32.1. The summed E-state index contributed by atoms with van der Waals surface area (Å²) in [6.45, 7) is 6.36. The molecule has 0 saturated heterocycles. The lowest BCUT2D eigenvalue weighted by atomic mass is 9.89. The maximum atomic E-state index is 12.1. The molecule has 6 nitrogen and oxygen atoms in total. The Labute approximate surface area is 132 Å². The van der Waals surface area contributed by atoms with E-state index in [2.05, 4.69) is 31.1 Å². The van der Waals surface area contributed by atoms with Crippen LogP contribution in [0.4, 0.5) is 10.8 Å². The van der Waals surface area contributed by atoms with Gasteiger partial charge in [0.1, 0.15) is 0 Å². The van der Waals surface area contributed by atoms with Gasteiger partial charge in [0.05, 0.1) is 4.92 Å². The predicted octanol–water partition coefficient (Wildman–Crippen LogP) is 3.99. The van der Waals surface area contributed by atoms with Crippen LogP contribution in [0.2, 0.25) is 0 Å². The molecule has 0 aliphatic carbocycles. The van der Waals surface area contributed by atoms with E-state index in [0.717, 1.165) is 11.3 Å². The molecule has 7 heteroatoms. The van der Waals surface area contributed by atoms with Gasteiger partial charge < -0.3 is 0 Å². The minimum absolute atomic E-state index is 0.0218. The number of non-ortho nitro benzene ring substituents is 1. The van der Waals surface area contributed by atoms with Gasteiger partial charge in [0, 0.05) is 34.2 Å². The number of nitrogens with zero attached hydrogens (tertiary/aromatic N) is 2. The lowest BCUT2D eigenvalue weighted by Crippen LogP contribution is -2.13. The summed E-state index contributed by atoms with van der Waals surface area (Å²) in [5.41, 5.74) is 0.337. The zero-order valence-corrected chi connectivity index (χ0v) is 13.4. The molecule has 1 amide bonds. The van der Waals surface area contributed by atoms with E-state index in [4.69, 9.17) is 0 Å². The summed E-state index contributed by atoms with van der Waals surface area (Å²) in [7, 11) is 0. The third-order valence-electron chi connectivity index (χ3n) is 3.62. The molecule has 116 valence electrons. The fourth-order valence-electron chi connectivity index (χ4n) is 1.72. The predicted molar refractivity (Wildman–Crippen MR) is 86.5 cm³/mol. The Hall–Kier alpha value is -2.28. The Morgan fingerprint density at radius 2 is 2.00 bits per heavy atom. The van der Waals surface area contributed by atoms with Gasteiger partial charge in [-0.3, -0.25) is 20.2 Å². The number of anilines is 1. The van der Waals surface area contributed by atoms with Crippen molar-refractivity contribution in [3.8, 4) is 0 Å². The summed E-state index contributed by atoms with van der Waals surface area (Å²) < 4.78 is 0. The standard InChI is InChI=1S/C15H17N3O3S/c1-4-15(2,3)12-9-16-14(22-12)17-13(19)10-5-7-11(8-6-10)18(20)21/h5-9H,4H2,1-3H3,(H,16,17,19). The molecule has 0 unspecified atom stereocenters. The van der Waals surface area contributed by atoms with Crippen LogP contribution < -0.4 is 5.32 Å². The molecule has 2 rings (SSSR count). The Morgan fingerprint density at radius 3 is 2.55 bits per heavy atom. The van der Waals surface area contributed by atoms with Gasteiger partial charge in [-0.1, -0.05) is 20.8 Å². The van der Waals surface area contributed by atoms with Crippen LogP contribution in [0.5, 0.6) is 0 Å². The van der Waals surface area contributed by atoms with Crippen LogP contribution in [0.1, 0.15) is 42.4 Å². The van der Waals surface area contributed by atoms with E-state index < -0.39 is 4.92 Å². The van der Waals surface area contributed by atoms with Crippen molar-refractivity contribution in [3.05, 3.63) is 51.0 Å². The van der Waals surface area contributed by atoms with Crippen LogP contribution in [0.25, 0.3) is 0 Å². The Morgan fingerprint density at radius 1 is 1.36 bits per heavy atom. The van der Waals surface area contributed by atoms with E-state index in [1.54, 1.807) is 6.20 Å². The topological polar surface area (TPSA) is 85.1 Å². The molecule has 22 heavy (non-hydrogen) atoms. The zero-order chi connectivity index (χ0) is 16.3. The first-order valence-corrected chi connectivity index (χ1v) is 7.67. The molecule has 0 spiro atoms. The average Bonchev–Trinajstić information content (AvgIpc) is 2.96. The molecule has 0 aliphatic heterocycles. The van der Waals surface area contributed by atoms with Crippen LogP contribution in [-0.4, -0.2) is 15.8 Å². The van der Waals surface area contributed by atoms with Crippen LogP contribution in [-0.2, 0) is 5.41 Å². The maximum absolute atomic E-state index is 12.1. The van der Waals surface area contributed by atoms with Crippen LogP contribution in [0, 0.1) is 10.1 Å². The number of nitro groups is 1. The van der Waals surface area contributed by atoms with E-state index in [0.29, 0.717) is 10.7 Å². The number of thiazole rings is 1. The van der Waals surface area contributed by atoms with Crippen molar-refractivity contribution in [2.75, 3.05) is 5.32 Å². The van der Waals surface area contributed by atoms with Crippen molar-refractivity contribution in [2.24, 2.45) is 0 Å². The molecule has 1 aromatic heterocycles. The largest absolute Gasteiger partial charge is 0.298 e. The number of benzene rings is 1. The van der Waals surface area contributed by atoms with Crippen LogP contribution in [0.3, 0.4) is 0 Å². The summed E-state index contributed by atoms with van der Waals surface area (Å²) in [5.74, 6) is -0.329. The number of hydrogen-bond donors (Lipinski definition) is 1. The second-order valence-electron chi connectivity index (χ2n) is 5.53. The minimum atomic E-state index is -0.498. The summed E-state index contributed by atoms with van der Waals surface area (Å²) in [5, 5.41) is 13.8. The summed E-state index contributed by atoms with van der Waals surface area (Å²) in [6, 6.07) is 5.47. The van der Waals surface area contributed by atoms with Gasteiger partial charge >= 0.3 is 0 Å². The molecule has 2 aromatic rings. The number of rotatable bonds is 5. The van der Waals surface area contributed by atoms with E-state index in [-0.39, 0.29) is 17.0 Å². The lowest BCUT2D eigenvalue weighted by molar-refractivity contribution is -0.384. The van der Waals surface area contributed by atoms with E-state index >= 15 is 0 Å². The van der Waals surface area contributed by atoms with Crippen LogP contribution >= 0.6 is 11.3 Å². The number of hydrogen-bond acceptors (Lipinski definition) is 5. The Kier molecular flexibility index (Phi) is 4.56. The number of amides is 1. The van der Waals surface area contributed by atoms with Gasteiger partial charge in [-0.15, -0.1) is 11.3 Å². The average molecular weight is 319 g/mol. The molecule has 1 aromatic carbocycles. The van der Waals surface area contributed by atoms with Crippen LogP contribution in [0.15, 0.2) is 30.5 Å². The number of nitro benzene ring substituents is 1. The van der Waals surface area contributed by atoms with Gasteiger partial charge in [0.15, 0.2) is 5.13 Å². The number of carbonyl (C=O) groups excluding carboxylic acids is 1. The normalized spacial score (nSPS) is 11.2. The van der Waals surface area contributed by atoms with Gasteiger partial charge in [-0.2, -0.15) is 0 Å². The van der Waals surface area contributed by atoms with Gasteiger partial charge in [0.2, 0.25) is 0 Å². The van der Waals surface area contributed by atoms with E-state index in [9.17, 15) is 14.9 Å². The van der Waals surface area contributed by atoms with Gasteiger partial charge in [-0.05, 0) is 18.6 Å². The summed E-state index contributed by atoms with van der Waals surface area (Å²) in [6.07, 6.45) is 2.75. The lowest BCUT2D eigenvalue weighted by Gasteiger charge is -2.19. The monoisotopic (exact) mass is 319 g/mol. The van der Waals surface area contributed by atoms with Crippen molar-refractivity contribution < 1.29 is 9.72 Å². The van der Waals surface area contributed by atoms with E-state index in [1.807, 2.05) is 0 Å². The molecule has 0 fully saturated rings. The summed E-state index contributed by atoms with van der Waals surface area (Å²) >= 11 is 1.44. The third-order valence-corrected chi connectivity index (χ3v) is 4.90. The molecule has 0 bridgehead atoms. The van der Waals surface area contributed by atoms with Gasteiger partial charge in [-0.25, -0.2) is 4.98 Å².